The minimum atomic E-state index is -0.877. The second kappa shape index (κ2) is 6.88. The van der Waals surface area contributed by atoms with E-state index in [0.29, 0.717) is 26.0 Å². The highest BCUT2D eigenvalue weighted by molar-refractivity contribution is 7.16. The zero-order chi connectivity index (χ0) is 16.4. The predicted molar refractivity (Wildman–Crippen MR) is 91.8 cm³/mol. The van der Waals surface area contributed by atoms with Gasteiger partial charge in [0, 0.05) is 5.02 Å². The average Bonchev–Trinajstić information content (AvgIpc) is 2.98. The van der Waals surface area contributed by atoms with E-state index in [0.717, 1.165) is 0 Å². The number of hydrogen-bond acceptors (Lipinski definition) is 5. The van der Waals surface area contributed by atoms with Crippen molar-refractivity contribution in [3.8, 4) is 5.75 Å². The normalized spacial score (nSPS) is 12.5. The minimum Gasteiger partial charge on any atom is -0.489 e. The van der Waals surface area contributed by atoms with Crippen LogP contribution < -0.4 is 10.3 Å². The lowest BCUT2D eigenvalue weighted by molar-refractivity contribution is 0.0915. The quantitative estimate of drug-likeness (QED) is 0.748. The molecule has 0 unspecified atom stereocenters. The fourth-order valence-electron chi connectivity index (χ4n) is 2.08. The van der Waals surface area contributed by atoms with Crippen molar-refractivity contribution in [1.82, 2.24) is 9.55 Å². The number of ether oxygens (including phenoxy) is 1. The van der Waals surface area contributed by atoms with Crippen LogP contribution in [0.3, 0.4) is 0 Å². The monoisotopic (exact) mass is 370 g/mol. The van der Waals surface area contributed by atoms with Crippen LogP contribution in [0.15, 0.2) is 40.8 Å². The van der Waals surface area contributed by atoms with Crippen LogP contribution in [-0.4, -0.2) is 27.4 Å². The number of aromatic nitrogens is 2. The predicted octanol–water partition coefficient (Wildman–Crippen LogP) is 3.20. The van der Waals surface area contributed by atoms with Crippen LogP contribution in [0.1, 0.15) is 0 Å². The Bertz CT molecular complexity index is 894. The zero-order valence-electron chi connectivity index (χ0n) is 11.8. The zero-order valence-corrected chi connectivity index (χ0v) is 14.1. The molecule has 0 saturated carbocycles. The van der Waals surface area contributed by atoms with Gasteiger partial charge in [-0.3, -0.25) is 9.36 Å². The van der Waals surface area contributed by atoms with Crippen molar-refractivity contribution in [2.24, 2.45) is 0 Å². The van der Waals surface area contributed by atoms with E-state index in [1.807, 2.05) is 5.38 Å². The fourth-order valence-corrected chi connectivity index (χ4v) is 3.27. The Balaban J connectivity index is 1.67. The number of aliphatic hydroxyl groups is 1. The summed E-state index contributed by atoms with van der Waals surface area (Å²) < 4.78 is 6.83. The molecule has 0 amide bonds. The molecule has 8 heteroatoms. The number of thiophene rings is 1. The van der Waals surface area contributed by atoms with Crippen LogP contribution in [0.25, 0.3) is 10.2 Å². The van der Waals surface area contributed by atoms with E-state index >= 15 is 0 Å². The van der Waals surface area contributed by atoms with Crippen LogP contribution in [0.2, 0.25) is 10.0 Å². The fraction of sp³-hybridized carbons (Fsp3) is 0.200. The first-order valence-electron chi connectivity index (χ1n) is 6.73. The molecule has 0 fully saturated rings. The Hall–Kier alpha value is -1.60. The minimum absolute atomic E-state index is 0.00450. The first-order valence-corrected chi connectivity index (χ1v) is 8.36. The summed E-state index contributed by atoms with van der Waals surface area (Å²) in [5.41, 5.74) is -0.181. The molecule has 120 valence electrons. The summed E-state index contributed by atoms with van der Waals surface area (Å²) in [5.74, 6) is 0.425. The van der Waals surface area contributed by atoms with Gasteiger partial charge in [0.15, 0.2) is 0 Å². The van der Waals surface area contributed by atoms with Crippen molar-refractivity contribution in [1.29, 1.82) is 0 Å². The summed E-state index contributed by atoms with van der Waals surface area (Å²) in [7, 11) is 0. The van der Waals surface area contributed by atoms with Crippen LogP contribution in [-0.2, 0) is 6.54 Å². The van der Waals surface area contributed by atoms with Crippen molar-refractivity contribution >= 4 is 44.8 Å². The van der Waals surface area contributed by atoms with Gasteiger partial charge >= 0.3 is 0 Å². The Kier molecular flexibility index (Phi) is 4.87. The van der Waals surface area contributed by atoms with Crippen molar-refractivity contribution in [2.45, 2.75) is 12.6 Å². The SMILES string of the molecule is O=c1c2ccsc2ncn1C[C@H](O)COc1ccc(Cl)cc1Cl. The van der Waals surface area contributed by atoms with E-state index in [4.69, 9.17) is 27.9 Å². The second-order valence-electron chi connectivity index (χ2n) is 4.88. The largest absolute Gasteiger partial charge is 0.489 e. The highest BCUT2D eigenvalue weighted by atomic mass is 35.5. The molecule has 0 aliphatic heterocycles. The van der Waals surface area contributed by atoms with E-state index in [1.54, 1.807) is 24.3 Å². The number of benzene rings is 1. The topological polar surface area (TPSA) is 64.4 Å². The second-order valence-corrected chi connectivity index (χ2v) is 6.62. The summed E-state index contributed by atoms with van der Waals surface area (Å²) in [6.45, 7) is 0.0816. The Labute approximate surface area is 145 Å². The molecule has 3 aromatic rings. The Morgan fingerprint density at radius 1 is 1.35 bits per heavy atom. The molecule has 0 aliphatic rings. The molecule has 1 N–H and O–H groups in total. The van der Waals surface area contributed by atoms with Gasteiger partial charge in [-0.25, -0.2) is 4.98 Å². The van der Waals surface area contributed by atoms with Gasteiger partial charge in [-0.2, -0.15) is 0 Å². The summed E-state index contributed by atoms with van der Waals surface area (Å²) in [6.07, 6.45) is 0.553. The summed E-state index contributed by atoms with van der Waals surface area (Å²) in [6, 6.07) is 6.56. The molecular formula is C15H12Cl2N2O3S. The first kappa shape index (κ1) is 16.3. The maximum atomic E-state index is 12.2. The highest BCUT2D eigenvalue weighted by Crippen LogP contribution is 2.27. The van der Waals surface area contributed by atoms with Gasteiger partial charge in [-0.1, -0.05) is 23.2 Å². The molecule has 5 nitrogen and oxygen atoms in total. The Morgan fingerprint density at radius 3 is 2.96 bits per heavy atom. The summed E-state index contributed by atoms with van der Waals surface area (Å²) >= 11 is 13.2. The van der Waals surface area contributed by atoms with Crippen LogP contribution in [0, 0.1) is 0 Å². The van der Waals surface area contributed by atoms with E-state index in [2.05, 4.69) is 4.98 Å². The third kappa shape index (κ3) is 3.67. The molecule has 0 radical (unpaired) electrons. The highest BCUT2D eigenvalue weighted by Gasteiger charge is 2.12. The summed E-state index contributed by atoms with van der Waals surface area (Å²) in [5, 5.41) is 13.3. The first-order chi connectivity index (χ1) is 11.0. The molecule has 1 aromatic carbocycles. The maximum absolute atomic E-state index is 12.2. The van der Waals surface area contributed by atoms with E-state index < -0.39 is 6.10 Å². The van der Waals surface area contributed by atoms with Gasteiger partial charge in [-0.15, -0.1) is 11.3 Å². The molecule has 2 heterocycles. The molecule has 0 saturated heterocycles. The van der Waals surface area contributed by atoms with E-state index in [1.165, 1.54) is 22.2 Å². The average molecular weight is 371 g/mol. The lowest BCUT2D eigenvalue weighted by Gasteiger charge is -2.14. The van der Waals surface area contributed by atoms with E-state index in [9.17, 15) is 9.90 Å². The van der Waals surface area contributed by atoms with Crippen molar-refractivity contribution in [2.75, 3.05) is 6.61 Å². The van der Waals surface area contributed by atoms with Gasteiger partial charge in [0.05, 0.1) is 23.3 Å². The van der Waals surface area contributed by atoms with Crippen LogP contribution in [0.4, 0.5) is 0 Å². The number of nitrogens with zero attached hydrogens (tertiary/aromatic N) is 2. The molecule has 2 aromatic heterocycles. The molecule has 0 bridgehead atoms. The molecule has 0 aliphatic carbocycles. The lowest BCUT2D eigenvalue weighted by Crippen LogP contribution is -2.30. The number of fused-ring (bicyclic) bond motifs is 1. The Morgan fingerprint density at radius 2 is 2.17 bits per heavy atom. The third-order valence-corrected chi connectivity index (χ3v) is 4.53. The lowest BCUT2D eigenvalue weighted by atomic mass is 10.3. The van der Waals surface area contributed by atoms with Crippen molar-refractivity contribution in [3.63, 3.8) is 0 Å². The smallest absolute Gasteiger partial charge is 0.262 e. The van der Waals surface area contributed by atoms with Gasteiger partial charge in [0.2, 0.25) is 0 Å². The van der Waals surface area contributed by atoms with Crippen molar-refractivity contribution in [3.05, 3.63) is 56.4 Å². The number of rotatable bonds is 5. The van der Waals surface area contributed by atoms with Gasteiger partial charge in [-0.05, 0) is 29.6 Å². The maximum Gasteiger partial charge on any atom is 0.262 e. The third-order valence-electron chi connectivity index (χ3n) is 3.18. The molecular weight excluding hydrogens is 359 g/mol. The molecule has 1 atom stereocenters. The number of aliphatic hydroxyl groups excluding tert-OH is 1. The molecule has 3 rings (SSSR count). The molecule has 0 spiro atoms. The summed E-state index contributed by atoms with van der Waals surface area (Å²) in [4.78, 5) is 17.1. The number of hydrogen-bond donors (Lipinski definition) is 1. The van der Waals surface area contributed by atoms with Crippen molar-refractivity contribution < 1.29 is 9.84 Å². The number of halogens is 2. The van der Waals surface area contributed by atoms with Crippen LogP contribution in [0.5, 0.6) is 5.75 Å². The van der Waals surface area contributed by atoms with Gasteiger partial charge < -0.3 is 9.84 Å². The van der Waals surface area contributed by atoms with Crippen LogP contribution >= 0.6 is 34.5 Å². The standard InChI is InChI=1S/C15H12Cl2N2O3S/c16-9-1-2-13(12(17)5-9)22-7-10(20)6-19-8-18-14-11(15(19)21)3-4-23-14/h1-5,8,10,20H,6-7H2/t10-/m0/s1. The van der Waals surface area contributed by atoms with Gasteiger partial charge in [0.25, 0.3) is 5.56 Å². The molecule has 23 heavy (non-hydrogen) atoms. The van der Waals surface area contributed by atoms with Gasteiger partial charge in [0.1, 0.15) is 23.3 Å². The van der Waals surface area contributed by atoms with E-state index in [-0.39, 0.29) is 18.7 Å².